The summed E-state index contributed by atoms with van der Waals surface area (Å²) in [6, 6.07) is 32.3. The molecule has 1 fully saturated rings. The molecule has 1 aliphatic rings. The van der Waals surface area contributed by atoms with Gasteiger partial charge in [0.25, 0.3) is 0 Å². The van der Waals surface area contributed by atoms with E-state index in [-0.39, 0.29) is 5.97 Å². The van der Waals surface area contributed by atoms with Gasteiger partial charge in [-0.1, -0.05) is 99.6 Å². The third-order valence-electron chi connectivity index (χ3n) is 8.80. The summed E-state index contributed by atoms with van der Waals surface area (Å²) in [6.07, 6.45) is 3.02. The van der Waals surface area contributed by atoms with Gasteiger partial charge in [0.05, 0.1) is 12.2 Å². The number of rotatable bonds is 13. The molecule has 1 saturated heterocycles. The molecule has 6 unspecified atom stereocenters. The highest BCUT2D eigenvalue weighted by Crippen LogP contribution is 2.34. The van der Waals surface area contributed by atoms with Crippen LogP contribution in [0.2, 0.25) is 0 Å². The second-order valence-electron chi connectivity index (χ2n) is 11.3. The third kappa shape index (κ3) is 7.80. The molecule has 3 aromatic carbocycles. The fourth-order valence-corrected chi connectivity index (χ4v) is 6.19. The van der Waals surface area contributed by atoms with E-state index in [1.807, 2.05) is 30.3 Å². The molecule has 0 radical (unpaired) electrons. The number of benzene rings is 3. The van der Waals surface area contributed by atoms with Crippen LogP contribution in [0.1, 0.15) is 80.4 Å². The molecule has 0 saturated carbocycles. The van der Waals surface area contributed by atoms with Gasteiger partial charge in [-0.05, 0) is 67.2 Å². The van der Waals surface area contributed by atoms with Gasteiger partial charge in [-0.15, -0.1) is 0 Å². The fraction of sp³-hybridized carbons (Fsp3) is 0.457. The normalized spacial score (nSPS) is 20.7. The molecular formula is C35H46N2O2. The van der Waals surface area contributed by atoms with E-state index in [2.05, 4.69) is 98.6 Å². The quantitative estimate of drug-likeness (QED) is 0.185. The second-order valence-corrected chi connectivity index (χ2v) is 11.3. The maximum absolute atomic E-state index is 12.3. The first-order chi connectivity index (χ1) is 19.0. The molecule has 6 atom stereocenters. The second kappa shape index (κ2) is 14.4. The lowest BCUT2D eigenvalue weighted by Gasteiger charge is -2.32. The average Bonchev–Trinajstić information content (AvgIpc) is 3.42. The molecule has 0 aromatic heterocycles. The Hall–Kier alpha value is -2.95. The molecule has 0 amide bonds. The van der Waals surface area contributed by atoms with Crippen molar-refractivity contribution in [2.75, 3.05) is 19.7 Å². The van der Waals surface area contributed by atoms with Crippen molar-refractivity contribution in [2.24, 2.45) is 11.8 Å². The minimum atomic E-state index is -0.229. The van der Waals surface area contributed by atoms with E-state index in [4.69, 9.17) is 4.74 Å². The molecule has 1 N–H and O–H groups in total. The summed E-state index contributed by atoms with van der Waals surface area (Å²) in [5.74, 6) is 1.28. The fourth-order valence-electron chi connectivity index (χ4n) is 6.19. The monoisotopic (exact) mass is 526 g/mol. The highest BCUT2D eigenvalue weighted by Gasteiger charge is 2.39. The molecule has 0 aliphatic carbocycles. The molecule has 4 rings (SSSR count). The van der Waals surface area contributed by atoms with Gasteiger partial charge in [-0.25, -0.2) is 4.79 Å². The van der Waals surface area contributed by atoms with Gasteiger partial charge in [-0.3, -0.25) is 4.90 Å². The van der Waals surface area contributed by atoms with E-state index in [1.54, 1.807) is 0 Å². The predicted octanol–water partition coefficient (Wildman–Crippen LogP) is 7.49. The minimum Gasteiger partial charge on any atom is -0.462 e. The summed E-state index contributed by atoms with van der Waals surface area (Å²) in [7, 11) is 0. The maximum atomic E-state index is 12.3. The van der Waals surface area contributed by atoms with Gasteiger partial charge in [0.15, 0.2) is 0 Å². The summed E-state index contributed by atoms with van der Waals surface area (Å²) in [5, 5.41) is 4.13. The van der Waals surface area contributed by atoms with Crippen LogP contribution in [0.5, 0.6) is 0 Å². The molecule has 4 nitrogen and oxygen atoms in total. The molecule has 208 valence electrons. The topological polar surface area (TPSA) is 41.6 Å². The Bertz CT molecular complexity index is 1120. The van der Waals surface area contributed by atoms with Crippen LogP contribution in [0.3, 0.4) is 0 Å². The first-order valence-electron chi connectivity index (χ1n) is 14.8. The van der Waals surface area contributed by atoms with Gasteiger partial charge in [0.2, 0.25) is 0 Å². The van der Waals surface area contributed by atoms with E-state index in [1.165, 1.54) is 11.1 Å². The van der Waals surface area contributed by atoms with Gasteiger partial charge >= 0.3 is 5.97 Å². The zero-order valence-corrected chi connectivity index (χ0v) is 24.1. The average molecular weight is 527 g/mol. The van der Waals surface area contributed by atoms with E-state index in [9.17, 15) is 4.79 Å². The number of esters is 1. The Morgan fingerprint density at radius 1 is 0.872 bits per heavy atom. The summed E-state index contributed by atoms with van der Waals surface area (Å²) >= 11 is 0. The maximum Gasteiger partial charge on any atom is 0.338 e. The number of nitrogens with zero attached hydrogens (tertiary/aromatic N) is 1. The molecule has 39 heavy (non-hydrogen) atoms. The largest absolute Gasteiger partial charge is 0.462 e. The van der Waals surface area contributed by atoms with Gasteiger partial charge in [0.1, 0.15) is 0 Å². The number of nitrogens with one attached hydrogen (secondary N) is 1. The van der Waals surface area contributed by atoms with E-state index < -0.39 is 0 Å². The molecular weight excluding hydrogens is 480 g/mol. The van der Waals surface area contributed by atoms with E-state index >= 15 is 0 Å². The predicted molar refractivity (Wildman–Crippen MR) is 161 cm³/mol. The van der Waals surface area contributed by atoms with Crippen molar-refractivity contribution in [2.45, 2.75) is 71.0 Å². The Balaban J connectivity index is 1.40. The lowest BCUT2D eigenvalue weighted by atomic mass is 9.84. The summed E-state index contributed by atoms with van der Waals surface area (Å²) < 4.78 is 5.58. The molecule has 4 heteroatoms. The molecule has 0 bridgehead atoms. The van der Waals surface area contributed by atoms with Gasteiger partial charge in [-0.2, -0.15) is 0 Å². The van der Waals surface area contributed by atoms with Crippen molar-refractivity contribution in [1.82, 2.24) is 10.2 Å². The first-order valence-corrected chi connectivity index (χ1v) is 14.8. The van der Waals surface area contributed by atoms with Crippen molar-refractivity contribution in [3.63, 3.8) is 0 Å². The Morgan fingerprint density at radius 2 is 1.46 bits per heavy atom. The lowest BCUT2D eigenvalue weighted by Crippen LogP contribution is -2.46. The van der Waals surface area contributed by atoms with Crippen LogP contribution in [-0.2, 0) is 4.74 Å². The Morgan fingerprint density at radius 3 is 2.08 bits per heavy atom. The molecule has 1 heterocycles. The number of carbonyl (C=O) groups is 1. The van der Waals surface area contributed by atoms with Crippen LogP contribution in [0.15, 0.2) is 91.0 Å². The number of likely N-dealkylation sites (tertiary alicyclic amines) is 1. The summed E-state index contributed by atoms with van der Waals surface area (Å²) in [6.45, 7) is 12.0. The van der Waals surface area contributed by atoms with Gasteiger partial charge < -0.3 is 10.1 Å². The summed E-state index contributed by atoms with van der Waals surface area (Å²) in [4.78, 5) is 15.0. The third-order valence-corrected chi connectivity index (χ3v) is 8.80. The zero-order chi connectivity index (χ0) is 27.6. The highest BCUT2D eigenvalue weighted by molar-refractivity contribution is 5.89. The summed E-state index contributed by atoms with van der Waals surface area (Å²) in [5.41, 5.74) is 3.39. The van der Waals surface area contributed by atoms with Gasteiger partial charge in [0, 0.05) is 31.2 Å². The number of ether oxygens (including phenoxy) is 1. The van der Waals surface area contributed by atoms with Crippen molar-refractivity contribution >= 4 is 5.97 Å². The van der Waals surface area contributed by atoms with Crippen LogP contribution in [-0.4, -0.2) is 42.6 Å². The van der Waals surface area contributed by atoms with Crippen LogP contribution in [0, 0.1) is 11.8 Å². The SMILES string of the molecule is CCC(NC1CN(C(C)c2ccccc2)CC1C(C)CCCOC(=O)c1ccccc1)C(C)c1ccccc1. The number of carbonyl (C=O) groups excluding carboxylic acids is 1. The van der Waals surface area contributed by atoms with Crippen molar-refractivity contribution < 1.29 is 9.53 Å². The van der Waals surface area contributed by atoms with Crippen molar-refractivity contribution in [3.8, 4) is 0 Å². The smallest absolute Gasteiger partial charge is 0.338 e. The highest BCUT2D eigenvalue weighted by atomic mass is 16.5. The Kier molecular flexibility index (Phi) is 10.8. The molecule has 0 spiro atoms. The van der Waals surface area contributed by atoms with Crippen molar-refractivity contribution in [3.05, 3.63) is 108 Å². The van der Waals surface area contributed by atoms with Crippen LogP contribution < -0.4 is 5.32 Å². The minimum absolute atomic E-state index is 0.229. The Labute approximate surface area is 235 Å². The van der Waals surface area contributed by atoms with Crippen LogP contribution in [0.25, 0.3) is 0 Å². The van der Waals surface area contributed by atoms with Crippen LogP contribution >= 0.6 is 0 Å². The van der Waals surface area contributed by atoms with Crippen molar-refractivity contribution in [1.29, 1.82) is 0 Å². The first kappa shape index (κ1) is 29.0. The zero-order valence-electron chi connectivity index (χ0n) is 24.1. The number of hydrogen-bond donors (Lipinski definition) is 1. The molecule has 1 aliphatic heterocycles. The van der Waals surface area contributed by atoms with E-state index in [0.29, 0.717) is 48.0 Å². The number of hydrogen-bond acceptors (Lipinski definition) is 4. The van der Waals surface area contributed by atoms with Crippen LogP contribution in [0.4, 0.5) is 0 Å². The standard InChI is InChI=1S/C35H46N2O2/c1-5-33(27(3)29-17-9-6-10-18-29)36-34-25-37(28(4)30-19-11-7-12-20-30)24-32(34)26(2)16-15-23-39-35(38)31-21-13-8-14-22-31/h6-14,17-22,26-28,32-34,36H,5,15-16,23-25H2,1-4H3. The molecule has 3 aromatic rings. The lowest BCUT2D eigenvalue weighted by molar-refractivity contribution is 0.0490. The van der Waals surface area contributed by atoms with E-state index in [0.717, 1.165) is 32.4 Å².